The molecule has 11 heteroatoms. The van der Waals surface area contributed by atoms with E-state index in [4.69, 9.17) is 0 Å². The van der Waals surface area contributed by atoms with Gasteiger partial charge in [-0.1, -0.05) is 47.8 Å². The number of amides is 1. The number of allylic oxidation sites excluding steroid dienone is 1. The highest BCUT2D eigenvalue weighted by atomic mass is 32.2. The average Bonchev–Trinajstić information content (AvgIpc) is 3.17. The predicted molar refractivity (Wildman–Crippen MR) is 131 cm³/mol. The van der Waals surface area contributed by atoms with Crippen molar-refractivity contribution in [2.24, 2.45) is 0 Å². The third-order valence-corrected chi connectivity index (χ3v) is 5.79. The molecule has 1 N–H and O–H groups in total. The van der Waals surface area contributed by atoms with Crippen LogP contribution in [0, 0.1) is 6.92 Å². The van der Waals surface area contributed by atoms with Crippen molar-refractivity contribution in [3.8, 4) is 0 Å². The molecule has 0 fully saturated rings. The lowest BCUT2D eigenvalue weighted by molar-refractivity contribution is -0.111. The minimum atomic E-state index is -2.51. The first kappa shape index (κ1) is 26.3. The molecular weight excluding hydrogens is 502 g/mol. The third-order valence-electron chi connectivity index (χ3n) is 4.35. The number of anilines is 1. The first-order valence-electron chi connectivity index (χ1n) is 10.1. The topological polar surface area (TPSA) is 64.0 Å². The predicted octanol–water partition coefficient (Wildman–Crippen LogP) is 6.83. The molecular formula is C24H19F4N3O2S2. The molecule has 0 saturated carbocycles. The number of hydrogen-bond acceptors (Lipinski definition) is 5. The van der Waals surface area contributed by atoms with Crippen LogP contribution in [0.3, 0.4) is 0 Å². The maximum atomic E-state index is 12.6. The Hall–Kier alpha value is -3.31. The third kappa shape index (κ3) is 8.45. The van der Waals surface area contributed by atoms with Crippen LogP contribution in [0.15, 0.2) is 76.5 Å². The van der Waals surface area contributed by atoms with Gasteiger partial charge in [-0.25, -0.2) is 0 Å². The maximum absolute atomic E-state index is 12.6. The SMILES string of the molecule is Cc1cc(NC(=O)/C=C/c2ccc(SC(F)F)cc2)n(C(=O)/C=C/c2ccc(SC(F)F)cc2)n1. The second-order valence-corrected chi connectivity index (χ2v) is 9.10. The molecule has 0 aliphatic rings. The molecule has 2 aromatic carbocycles. The molecule has 1 heterocycles. The van der Waals surface area contributed by atoms with Crippen LogP contribution in [-0.4, -0.2) is 33.1 Å². The number of thioether (sulfide) groups is 2. The van der Waals surface area contributed by atoms with Crippen LogP contribution < -0.4 is 5.32 Å². The van der Waals surface area contributed by atoms with Crippen molar-refractivity contribution < 1.29 is 27.2 Å². The Morgan fingerprint density at radius 2 is 1.34 bits per heavy atom. The summed E-state index contributed by atoms with van der Waals surface area (Å²) in [5.41, 5.74) is 1.78. The van der Waals surface area contributed by atoms with E-state index in [-0.39, 0.29) is 5.82 Å². The van der Waals surface area contributed by atoms with Gasteiger partial charge >= 0.3 is 0 Å². The molecule has 0 aliphatic carbocycles. The van der Waals surface area contributed by atoms with Crippen molar-refractivity contribution in [2.75, 3.05) is 5.32 Å². The number of carbonyl (C=O) groups is 2. The van der Waals surface area contributed by atoms with Gasteiger partial charge in [-0.15, -0.1) is 0 Å². The first-order chi connectivity index (χ1) is 16.7. The summed E-state index contributed by atoms with van der Waals surface area (Å²) in [5, 5.41) is 6.69. The minimum absolute atomic E-state index is 0.166. The summed E-state index contributed by atoms with van der Waals surface area (Å²) in [7, 11) is 0. The highest BCUT2D eigenvalue weighted by Gasteiger charge is 2.12. The van der Waals surface area contributed by atoms with Crippen LogP contribution in [0.1, 0.15) is 21.6 Å². The van der Waals surface area contributed by atoms with Crippen LogP contribution in [0.2, 0.25) is 0 Å². The zero-order valence-electron chi connectivity index (χ0n) is 18.2. The van der Waals surface area contributed by atoms with Gasteiger partial charge in [0.15, 0.2) is 0 Å². The number of aromatic nitrogens is 2. The number of carbonyl (C=O) groups excluding carboxylic acids is 2. The van der Waals surface area contributed by atoms with Crippen molar-refractivity contribution in [1.82, 2.24) is 9.78 Å². The van der Waals surface area contributed by atoms with E-state index in [9.17, 15) is 27.2 Å². The van der Waals surface area contributed by atoms with Gasteiger partial charge in [-0.3, -0.25) is 9.59 Å². The molecule has 5 nitrogen and oxygen atoms in total. The summed E-state index contributed by atoms with van der Waals surface area (Å²) in [6.45, 7) is 1.66. The average molecular weight is 522 g/mol. The van der Waals surface area contributed by atoms with Crippen molar-refractivity contribution in [3.05, 3.63) is 83.6 Å². The molecule has 0 saturated heterocycles. The van der Waals surface area contributed by atoms with Crippen LogP contribution in [-0.2, 0) is 4.79 Å². The van der Waals surface area contributed by atoms with E-state index < -0.39 is 23.3 Å². The standard InChI is InChI=1S/C24H19F4N3O2S2/c1-15-14-20(29-21(32)12-6-16-2-8-18(9-3-16)34-23(25)26)31(30-15)22(33)13-7-17-4-10-19(11-5-17)35-24(27)28/h2-14,23-24H,1H3,(H,29,32)/b12-6+,13-7+. The van der Waals surface area contributed by atoms with Gasteiger partial charge in [0, 0.05) is 28.0 Å². The zero-order valence-corrected chi connectivity index (χ0v) is 19.8. The lowest BCUT2D eigenvalue weighted by atomic mass is 10.2. The fourth-order valence-electron chi connectivity index (χ4n) is 2.86. The molecule has 0 bridgehead atoms. The Balaban J connectivity index is 1.63. The molecule has 35 heavy (non-hydrogen) atoms. The largest absolute Gasteiger partial charge is 0.307 e. The molecule has 3 rings (SSSR count). The summed E-state index contributed by atoms with van der Waals surface area (Å²) >= 11 is 0.864. The molecule has 1 aromatic heterocycles. The van der Waals surface area contributed by atoms with Crippen LogP contribution in [0.5, 0.6) is 0 Å². The zero-order chi connectivity index (χ0) is 25.4. The van der Waals surface area contributed by atoms with E-state index in [1.807, 2.05) is 0 Å². The number of rotatable bonds is 9. The van der Waals surface area contributed by atoms with Gasteiger partial charge in [0.05, 0.1) is 5.69 Å². The lowest BCUT2D eigenvalue weighted by Crippen LogP contribution is -2.17. The van der Waals surface area contributed by atoms with Gasteiger partial charge < -0.3 is 5.32 Å². The maximum Gasteiger partial charge on any atom is 0.288 e. The molecule has 182 valence electrons. The molecule has 0 unspecified atom stereocenters. The molecule has 0 atom stereocenters. The molecule has 0 spiro atoms. The van der Waals surface area contributed by atoms with Crippen molar-refractivity contribution >= 4 is 53.3 Å². The Morgan fingerprint density at radius 1 is 0.857 bits per heavy atom. The second-order valence-electron chi connectivity index (χ2n) is 6.97. The highest BCUT2D eigenvalue weighted by Crippen LogP contribution is 2.26. The summed E-state index contributed by atoms with van der Waals surface area (Å²) in [6, 6.07) is 14.1. The number of nitrogens with zero attached hydrogens (tertiary/aromatic N) is 2. The Labute approximate surface area is 207 Å². The van der Waals surface area contributed by atoms with Gasteiger partial charge in [0.1, 0.15) is 5.82 Å². The van der Waals surface area contributed by atoms with E-state index in [1.165, 1.54) is 54.6 Å². The van der Waals surface area contributed by atoms with E-state index in [0.29, 0.717) is 50.1 Å². The van der Waals surface area contributed by atoms with E-state index >= 15 is 0 Å². The van der Waals surface area contributed by atoms with Crippen molar-refractivity contribution in [1.29, 1.82) is 0 Å². The smallest absolute Gasteiger partial charge is 0.288 e. The molecule has 3 aromatic rings. The fourth-order valence-corrected chi connectivity index (χ4v) is 3.85. The normalized spacial score (nSPS) is 11.7. The highest BCUT2D eigenvalue weighted by molar-refractivity contribution is 7.99. The summed E-state index contributed by atoms with van der Waals surface area (Å²) in [5.74, 6) is -5.89. The number of alkyl halides is 4. The fraction of sp³-hybridized carbons (Fsp3) is 0.125. The summed E-state index contributed by atoms with van der Waals surface area (Å²) < 4.78 is 50.7. The number of aryl methyl sites for hydroxylation is 1. The van der Waals surface area contributed by atoms with Crippen LogP contribution in [0.25, 0.3) is 12.2 Å². The second kappa shape index (κ2) is 12.4. The molecule has 1 amide bonds. The Bertz CT molecular complexity index is 1220. The minimum Gasteiger partial charge on any atom is -0.307 e. The lowest BCUT2D eigenvalue weighted by Gasteiger charge is -2.04. The quantitative estimate of drug-likeness (QED) is 0.190. The van der Waals surface area contributed by atoms with Crippen LogP contribution >= 0.6 is 23.5 Å². The van der Waals surface area contributed by atoms with E-state index in [2.05, 4.69) is 10.4 Å². The summed E-state index contributed by atoms with van der Waals surface area (Å²) in [6.07, 6.45) is 5.53. The number of benzene rings is 2. The van der Waals surface area contributed by atoms with Gasteiger partial charge in [-0.2, -0.15) is 27.3 Å². The van der Waals surface area contributed by atoms with Crippen molar-refractivity contribution in [2.45, 2.75) is 28.2 Å². The monoisotopic (exact) mass is 521 g/mol. The first-order valence-corrected chi connectivity index (χ1v) is 11.8. The Morgan fingerprint density at radius 3 is 1.83 bits per heavy atom. The number of hydrogen-bond donors (Lipinski definition) is 1. The van der Waals surface area contributed by atoms with Gasteiger partial charge in [-0.05, 0) is 54.5 Å². The molecule has 0 radical (unpaired) electrons. The van der Waals surface area contributed by atoms with Gasteiger partial charge in [0.25, 0.3) is 17.4 Å². The number of nitrogens with one attached hydrogen (secondary N) is 1. The summed E-state index contributed by atoms with van der Waals surface area (Å²) in [4.78, 5) is 25.8. The van der Waals surface area contributed by atoms with E-state index in [0.717, 1.165) is 4.68 Å². The Kier molecular flexibility index (Phi) is 9.32. The molecule has 0 aliphatic heterocycles. The van der Waals surface area contributed by atoms with Crippen LogP contribution in [0.4, 0.5) is 23.4 Å². The van der Waals surface area contributed by atoms with E-state index in [1.54, 1.807) is 31.2 Å². The van der Waals surface area contributed by atoms with Crippen molar-refractivity contribution in [3.63, 3.8) is 0 Å². The van der Waals surface area contributed by atoms with Gasteiger partial charge in [0.2, 0.25) is 5.91 Å². The number of halogens is 4.